The molecule has 3 aromatic rings. The third-order valence-corrected chi connectivity index (χ3v) is 8.23. The number of rotatable bonds is 7. The Morgan fingerprint density at radius 2 is 1.79 bits per heavy atom. The van der Waals surface area contributed by atoms with Crippen molar-refractivity contribution in [1.82, 2.24) is 4.90 Å². The van der Waals surface area contributed by atoms with Crippen LogP contribution in [0.1, 0.15) is 77.8 Å². The van der Waals surface area contributed by atoms with Crippen LogP contribution in [-0.2, 0) is 9.53 Å². The Morgan fingerprint density at radius 3 is 2.48 bits per heavy atom. The van der Waals surface area contributed by atoms with Gasteiger partial charge in [-0.15, -0.1) is 0 Å². The van der Waals surface area contributed by atoms with Crippen molar-refractivity contribution in [2.24, 2.45) is 5.92 Å². The molecule has 1 saturated heterocycles. The number of halogens is 1. The molecular formula is C33H36FN3O5. The number of carbonyl (C=O) groups excluding carboxylic acids is 3. The van der Waals surface area contributed by atoms with Crippen LogP contribution in [0.2, 0.25) is 0 Å². The number of benzene rings is 3. The number of carbonyl (C=O) groups is 3. The maximum Gasteiger partial charge on any atom is 0.341 e. The minimum atomic E-state index is -0.771. The van der Waals surface area contributed by atoms with E-state index in [2.05, 4.69) is 15.4 Å². The Labute approximate surface area is 246 Å². The summed E-state index contributed by atoms with van der Waals surface area (Å²) in [6.07, 6.45) is 5.35. The minimum Gasteiger partial charge on any atom is -0.507 e. The van der Waals surface area contributed by atoms with Gasteiger partial charge >= 0.3 is 5.97 Å². The molecule has 2 atom stereocenters. The third kappa shape index (κ3) is 6.10. The quantitative estimate of drug-likeness (QED) is 0.290. The number of piperidine rings is 1. The molecule has 3 aromatic carbocycles. The van der Waals surface area contributed by atoms with E-state index in [9.17, 15) is 23.9 Å². The van der Waals surface area contributed by atoms with E-state index in [-0.39, 0.29) is 28.6 Å². The van der Waals surface area contributed by atoms with Crippen LogP contribution in [0.15, 0.2) is 60.6 Å². The van der Waals surface area contributed by atoms with Gasteiger partial charge in [0.25, 0.3) is 5.91 Å². The average Bonchev–Trinajstić information content (AvgIpc) is 3.50. The van der Waals surface area contributed by atoms with Crippen molar-refractivity contribution in [2.75, 3.05) is 24.3 Å². The molecule has 5 rings (SSSR count). The largest absolute Gasteiger partial charge is 0.507 e. The first kappa shape index (κ1) is 27.8. The van der Waals surface area contributed by atoms with Gasteiger partial charge in [0.05, 0.1) is 26.0 Å². The van der Waals surface area contributed by atoms with Gasteiger partial charge in [-0.25, -0.2) is 9.18 Å². The molecule has 0 aromatic heterocycles. The van der Waals surface area contributed by atoms with Crippen molar-refractivity contribution in [3.05, 3.63) is 88.7 Å². The lowest BCUT2D eigenvalue weighted by atomic mass is 9.83. The molecule has 2 aliphatic rings. The summed E-state index contributed by atoms with van der Waals surface area (Å²) < 4.78 is 28.4. The second kappa shape index (κ2) is 12.6. The van der Waals surface area contributed by atoms with E-state index < -0.39 is 35.6 Å². The van der Waals surface area contributed by atoms with Crippen LogP contribution in [0, 0.1) is 18.7 Å². The zero-order valence-electron chi connectivity index (χ0n) is 24.8. The molecular weight excluding hydrogens is 537 g/mol. The van der Waals surface area contributed by atoms with Crippen molar-refractivity contribution in [3.63, 3.8) is 0 Å². The Hall–Kier alpha value is -4.40. The summed E-state index contributed by atoms with van der Waals surface area (Å²) in [4.78, 5) is 41.1. The third-order valence-electron chi connectivity index (χ3n) is 8.23. The maximum atomic E-state index is 15.0. The molecule has 1 saturated carbocycles. The summed E-state index contributed by atoms with van der Waals surface area (Å²) in [6.45, 7) is 1.99. The fourth-order valence-corrected chi connectivity index (χ4v) is 6.08. The van der Waals surface area contributed by atoms with Crippen molar-refractivity contribution in [1.29, 1.82) is 0 Å². The number of amides is 2. The van der Waals surface area contributed by atoms with E-state index in [1.54, 1.807) is 25.1 Å². The number of likely N-dealkylation sites (tertiary alicyclic amines) is 1. The number of aromatic hydroxyl groups is 1. The van der Waals surface area contributed by atoms with Gasteiger partial charge in [0.1, 0.15) is 17.1 Å². The van der Waals surface area contributed by atoms with E-state index in [1.807, 2.05) is 12.1 Å². The molecule has 8 nitrogen and oxygen atoms in total. The SMILES string of the molecule is [2H]c1cc([C@H]2[C@@H](C(=O)Nc3ccc(C(=O)OC)c(O)c3)CCCN2C(=O)c2c(C)cccc2F)ccc1NC1CCCC1. The molecule has 3 N–H and O–H groups in total. The van der Waals surface area contributed by atoms with Gasteiger partial charge < -0.3 is 25.4 Å². The Bertz CT molecular complexity index is 1520. The standard InChI is InChI=1S/C33H36FN3O5/c1-20-7-5-11-27(34)29(20)32(40)37-18-6-10-26(31(39)36-24-16-17-25(28(38)19-24)33(41)42-2)30(37)21-12-14-23(15-13-21)35-22-8-3-4-9-22/h5,7,11-17,19,22,26,30,35,38H,3-4,6,8-10,18H2,1-2H3,(H,36,39)/t26-,30-/m0/s1/i14D. The van der Waals surface area contributed by atoms with Gasteiger partial charge in [-0.05, 0) is 74.0 Å². The van der Waals surface area contributed by atoms with Crippen molar-refractivity contribution < 1.29 is 30.0 Å². The van der Waals surface area contributed by atoms with Gasteiger partial charge in [0, 0.05) is 30.0 Å². The molecule has 1 aliphatic heterocycles. The molecule has 220 valence electrons. The van der Waals surface area contributed by atoms with Crippen molar-refractivity contribution in [3.8, 4) is 5.75 Å². The average molecular weight is 575 g/mol. The second-order valence-corrected chi connectivity index (χ2v) is 11.0. The predicted octanol–water partition coefficient (Wildman–Crippen LogP) is 6.21. The van der Waals surface area contributed by atoms with E-state index in [1.165, 1.54) is 36.3 Å². The molecule has 1 heterocycles. The van der Waals surface area contributed by atoms with Gasteiger partial charge in [0.2, 0.25) is 5.91 Å². The first-order chi connectivity index (χ1) is 20.7. The van der Waals surface area contributed by atoms with Crippen molar-refractivity contribution >= 4 is 29.2 Å². The van der Waals surface area contributed by atoms with Crippen LogP contribution in [0.25, 0.3) is 0 Å². The Balaban J connectivity index is 1.49. The molecule has 2 amide bonds. The number of hydrogen-bond acceptors (Lipinski definition) is 6. The van der Waals surface area contributed by atoms with Gasteiger partial charge in [-0.3, -0.25) is 9.59 Å². The van der Waals surface area contributed by atoms with E-state index in [0.29, 0.717) is 42.2 Å². The monoisotopic (exact) mass is 574 g/mol. The summed E-state index contributed by atoms with van der Waals surface area (Å²) in [7, 11) is 1.20. The number of hydrogen-bond donors (Lipinski definition) is 3. The smallest absolute Gasteiger partial charge is 0.341 e. The highest BCUT2D eigenvalue weighted by Crippen LogP contribution is 2.39. The number of ether oxygens (including phenoxy) is 1. The number of nitrogens with one attached hydrogen (secondary N) is 2. The Morgan fingerprint density at radius 1 is 1.02 bits per heavy atom. The first-order valence-electron chi connectivity index (χ1n) is 14.8. The fraction of sp³-hybridized carbons (Fsp3) is 0.364. The zero-order chi connectivity index (χ0) is 30.7. The summed E-state index contributed by atoms with van der Waals surface area (Å²) in [5.74, 6) is -3.34. The summed E-state index contributed by atoms with van der Waals surface area (Å²) in [5.41, 5.74) is 1.97. The van der Waals surface area contributed by atoms with Crippen LogP contribution in [0.3, 0.4) is 0 Å². The molecule has 0 bridgehead atoms. The lowest BCUT2D eigenvalue weighted by molar-refractivity contribution is -0.123. The van der Waals surface area contributed by atoms with Gasteiger partial charge in [0.15, 0.2) is 0 Å². The molecule has 0 radical (unpaired) electrons. The van der Waals surface area contributed by atoms with Gasteiger partial charge in [-0.2, -0.15) is 0 Å². The minimum absolute atomic E-state index is 0.0394. The highest BCUT2D eigenvalue weighted by Gasteiger charge is 2.40. The number of phenols is 1. The van der Waals surface area contributed by atoms with Crippen LogP contribution in [-0.4, -0.2) is 47.5 Å². The molecule has 2 fully saturated rings. The van der Waals surface area contributed by atoms with E-state index in [0.717, 1.165) is 25.7 Å². The van der Waals surface area contributed by atoms with E-state index >= 15 is 0 Å². The number of phenolic OH excluding ortho intramolecular Hbond substituents is 1. The Kier molecular flexibility index (Phi) is 8.35. The lowest BCUT2D eigenvalue weighted by Gasteiger charge is -2.41. The summed E-state index contributed by atoms with van der Waals surface area (Å²) >= 11 is 0. The second-order valence-electron chi connectivity index (χ2n) is 11.0. The molecule has 0 spiro atoms. The van der Waals surface area contributed by atoms with Crippen molar-refractivity contribution in [2.45, 2.75) is 57.5 Å². The van der Waals surface area contributed by atoms with E-state index in [4.69, 9.17) is 1.37 Å². The van der Waals surface area contributed by atoms with Crippen LogP contribution in [0.4, 0.5) is 15.8 Å². The van der Waals surface area contributed by atoms with Crippen LogP contribution < -0.4 is 10.6 Å². The van der Waals surface area contributed by atoms with Crippen LogP contribution >= 0.6 is 0 Å². The predicted molar refractivity (Wildman–Crippen MR) is 158 cm³/mol. The van der Waals surface area contributed by atoms with Crippen LogP contribution in [0.5, 0.6) is 5.75 Å². The molecule has 42 heavy (non-hydrogen) atoms. The number of methoxy groups -OCH3 is 1. The number of nitrogens with zero attached hydrogens (tertiary/aromatic N) is 1. The maximum absolute atomic E-state index is 15.0. The zero-order valence-corrected chi connectivity index (χ0v) is 23.8. The topological polar surface area (TPSA) is 108 Å². The number of aryl methyl sites for hydroxylation is 1. The highest BCUT2D eigenvalue weighted by atomic mass is 19.1. The molecule has 9 heteroatoms. The summed E-state index contributed by atoms with van der Waals surface area (Å²) in [6, 6.07) is 13.7. The molecule has 1 aliphatic carbocycles. The molecule has 0 unspecified atom stereocenters. The lowest BCUT2D eigenvalue weighted by Crippen LogP contribution is -2.46. The summed E-state index contributed by atoms with van der Waals surface area (Å²) in [5, 5.41) is 16.6. The number of esters is 1. The highest BCUT2D eigenvalue weighted by molar-refractivity contribution is 5.99. The van der Waals surface area contributed by atoms with Gasteiger partial charge in [-0.1, -0.05) is 37.1 Å². The fourth-order valence-electron chi connectivity index (χ4n) is 6.08. The number of anilines is 2. The first-order valence-corrected chi connectivity index (χ1v) is 14.3. The normalized spacial score (nSPS) is 19.2.